The third-order valence-corrected chi connectivity index (χ3v) is 3.68. The second kappa shape index (κ2) is 10.9. The highest BCUT2D eigenvalue weighted by Crippen LogP contribution is 2.15. The van der Waals surface area contributed by atoms with Crippen LogP contribution in [0.5, 0.6) is 11.5 Å². The van der Waals surface area contributed by atoms with Crippen LogP contribution in [-0.2, 0) is 9.53 Å². The van der Waals surface area contributed by atoms with Gasteiger partial charge in [-0.15, -0.1) is 0 Å². The van der Waals surface area contributed by atoms with Gasteiger partial charge in [0.15, 0.2) is 0 Å². The topological polar surface area (TPSA) is 102 Å². The molecule has 0 bridgehead atoms. The molecule has 0 aliphatic rings. The molecule has 0 aromatic heterocycles. The number of carbonyl (C=O) groups excluding carboxylic acids is 2. The maximum absolute atomic E-state index is 12.2. The number of hydrogen-bond acceptors (Lipinski definition) is 7. The van der Waals surface area contributed by atoms with E-state index in [1.807, 2.05) is 0 Å². The number of carbonyl (C=O) groups is 2. The number of unbranched alkanes of at least 4 members (excludes halogenated alkanes) is 1. The fourth-order valence-corrected chi connectivity index (χ4v) is 2.22. The fraction of sp³-hybridized carbons (Fsp3) is 0.200. The molecule has 146 valence electrons. The molecule has 2 aromatic carbocycles. The summed E-state index contributed by atoms with van der Waals surface area (Å²) in [5, 5.41) is 18.3. The molecular formula is C20H21BO7. The molecule has 0 heterocycles. The van der Waals surface area contributed by atoms with E-state index in [1.54, 1.807) is 36.4 Å². The Hall–Kier alpha value is -3.10. The maximum atomic E-state index is 12.2. The van der Waals surface area contributed by atoms with Gasteiger partial charge in [-0.05, 0) is 54.7 Å². The highest BCUT2D eigenvalue weighted by atomic mass is 16.5. The summed E-state index contributed by atoms with van der Waals surface area (Å²) in [7, 11) is -1.64. The fourth-order valence-electron chi connectivity index (χ4n) is 2.22. The Morgan fingerprint density at radius 1 is 1.00 bits per heavy atom. The second-order valence-corrected chi connectivity index (χ2v) is 5.79. The first-order valence-electron chi connectivity index (χ1n) is 8.70. The largest absolute Gasteiger partial charge is 0.494 e. The first kappa shape index (κ1) is 21.2. The minimum Gasteiger partial charge on any atom is -0.494 e. The molecule has 2 N–H and O–H groups in total. The predicted molar refractivity (Wildman–Crippen MR) is 104 cm³/mol. The summed E-state index contributed by atoms with van der Waals surface area (Å²) in [5.74, 6) is -0.194. The van der Waals surface area contributed by atoms with Crippen molar-refractivity contribution in [2.45, 2.75) is 12.8 Å². The van der Waals surface area contributed by atoms with Gasteiger partial charge in [-0.2, -0.15) is 0 Å². The lowest BCUT2D eigenvalue weighted by molar-refractivity contribution is -0.137. The molecule has 0 saturated heterocycles. The molecule has 0 unspecified atom stereocenters. The Morgan fingerprint density at radius 2 is 1.71 bits per heavy atom. The van der Waals surface area contributed by atoms with Crippen LogP contribution in [0.15, 0.2) is 61.2 Å². The van der Waals surface area contributed by atoms with Crippen molar-refractivity contribution < 1.29 is 33.8 Å². The Morgan fingerprint density at radius 3 is 2.39 bits per heavy atom. The Kier molecular flexibility index (Phi) is 8.26. The van der Waals surface area contributed by atoms with E-state index in [0.29, 0.717) is 37.4 Å². The smallest absolute Gasteiger partial charge is 0.488 e. The lowest BCUT2D eigenvalue weighted by Crippen LogP contribution is -2.29. The average Bonchev–Trinajstić information content (AvgIpc) is 2.70. The van der Waals surface area contributed by atoms with Crippen molar-refractivity contribution in [3.05, 3.63) is 66.7 Å². The summed E-state index contributed by atoms with van der Waals surface area (Å²) >= 11 is 0. The summed E-state index contributed by atoms with van der Waals surface area (Å²) in [6, 6.07) is 12.5. The van der Waals surface area contributed by atoms with Crippen LogP contribution in [0.1, 0.15) is 23.2 Å². The van der Waals surface area contributed by atoms with Gasteiger partial charge in [-0.3, -0.25) is 0 Å². The van der Waals surface area contributed by atoms with Gasteiger partial charge in [0.05, 0.1) is 18.8 Å². The molecule has 2 aromatic rings. The van der Waals surface area contributed by atoms with Gasteiger partial charge in [-0.1, -0.05) is 18.7 Å². The van der Waals surface area contributed by atoms with Crippen LogP contribution in [0.25, 0.3) is 0 Å². The molecule has 28 heavy (non-hydrogen) atoms. The second-order valence-electron chi connectivity index (χ2n) is 5.79. The first-order valence-corrected chi connectivity index (χ1v) is 8.70. The van der Waals surface area contributed by atoms with Crippen molar-refractivity contribution >= 4 is 24.5 Å². The van der Waals surface area contributed by atoms with Gasteiger partial charge in [0.1, 0.15) is 11.5 Å². The van der Waals surface area contributed by atoms with Crippen molar-refractivity contribution in [2.75, 3.05) is 13.2 Å². The number of rotatable bonds is 10. The summed E-state index contributed by atoms with van der Waals surface area (Å²) < 4.78 is 15.7. The summed E-state index contributed by atoms with van der Waals surface area (Å²) in [6.07, 6.45) is 2.50. The van der Waals surface area contributed by atoms with E-state index in [4.69, 9.17) is 24.3 Å². The maximum Gasteiger partial charge on any atom is 0.488 e. The normalized spacial score (nSPS) is 10.1. The molecule has 0 fully saturated rings. The molecule has 0 atom stereocenters. The number of ether oxygens (including phenoxy) is 3. The van der Waals surface area contributed by atoms with Crippen LogP contribution in [0, 0.1) is 0 Å². The highest BCUT2D eigenvalue weighted by Gasteiger charge is 2.13. The first-order chi connectivity index (χ1) is 13.5. The summed E-state index contributed by atoms with van der Waals surface area (Å²) in [4.78, 5) is 23.1. The molecule has 0 saturated carbocycles. The molecule has 0 amide bonds. The third kappa shape index (κ3) is 6.90. The van der Waals surface area contributed by atoms with Gasteiger partial charge >= 0.3 is 19.1 Å². The lowest BCUT2D eigenvalue weighted by atomic mass is 9.80. The van der Waals surface area contributed by atoms with E-state index in [9.17, 15) is 9.59 Å². The molecule has 0 spiro atoms. The number of hydrogen-bond donors (Lipinski definition) is 2. The van der Waals surface area contributed by atoms with Gasteiger partial charge in [0.25, 0.3) is 0 Å². The predicted octanol–water partition coefficient (Wildman–Crippen LogP) is 1.47. The van der Waals surface area contributed by atoms with Gasteiger partial charge in [0, 0.05) is 6.08 Å². The van der Waals surface area contributed by atoms with E-state index in [0.717, 1.165) is 6.08 Å². The quantitative estimate of drug-likeness (QED) is 0.210. The average molecular weight is 384 g/mol. The standard InChI is InChI=1S/C20H21BO7/c1-2-19(22)27-13-4-3-12-26-17-10-8-15(9-11-17)20(23)28-18-7-5-6-16(14-18)21(24)25/h2,5-11,14,24-25H,1,3-4,12-13H2. The minimum absolute atomic E-state index is 0.216. The SMILES string of the molecule is C=CC(=O)OCCCCOc1ccc(C(=O)Oc2cccc(B(O)O)c2)cc1. The highest BCUT2D eigenvalue weighted by molar-refractivity contribution is 6.58. The summed E-state index contributed by atoms with van der Waals surface area (Å²) in [6.45, 7) is 4.08. The van der Waals surface area contributed by atoms with E-state index in [2.05, 4.69) is 6.58 Å². The Balaban J connectivity index is 1.78. The molecule has 8 heteroatoms. The van der Waals surface area contributed by atoms with Crippen LogP contribution in [-0.4, -0.2) is 42.3 Å². The zero-order chi connectivity index (χ0) is 20.4. The van der Waals surface area contributed by atoms with Gasteiger partial charge in [-0.25, -0.2) is 9.59 Å². The van der Waals surface area contributed by atoms with Crippen LogP contribution < -0.4 is 14.9 Å². The van der Waals surface area contributed by atoms with Crippen molar-refractivity contribution in [1.29, 1.82) is 0 Å². The third-order valence-electron chi connectivity index (χ3n) is 3.68. The van der Waals surface area contributed by atoms with Crippen molar-refractivity contribution in [1.82, 2.24) is 0 Å². The number of esters is 2. The van der Waals surface area contributed by atoms with E-state index < -0.39 is 19.1 Å². The molecule has 0 radical (unpaired) electrons. The zero-order valence-corrected chi connectivity index (χ0v) is 15.2. The van der Waals surface area contributed by atoms with Gasteiger partial charge < -0.3 is 24.3 Å². The molecule has 7 nitrogen and oxygen atoms in total. The van der Waals surface area contributed by atoms with Crippen LogP contribution in [0.2, 0.25) is 0 Å². The van der Waals surface area contributed by atoms with E-state index >= 15 is 0 Å². The zero-order valence-electron chi connectivity index (χ0n) is 15.2. The Bertz CT molecular complexity index is 802. The number of benzene rings is 2. The van der Waals surface area contributed by atoms with Crippen molar-refractivity contribution in [2.24, 2.45) is 0 Å². The van der Waals surface area contributed by atoms with Crippen LogP contribution >= 0.6 is 0 Å². The van der Waals surface area contributed by atoms with Crippen LogP contribution in [0.3, 0.4) is 0 Å². The van der Waals surface area contributed by atoms with Crippen molar-refractivity contribution in [3.8, 4) is 11.5 Å². The molecule has 0 aliphatic heterocycles. The van der Waals surface area contributed by atoms with Crippen LogP contribution in [0.4, 0.5) is 0 Å². The van der Waals surface area contributed by atoms with Gasteiger partial charge in [0.2, 0.25) is 0 Å². The lowest BCUT2D eigenvalue weighted by Gasteiger charge is -2.08. The molecule has 0 aliphatic carbocycles. The Labute approximate surface area is 163 Å². The monoisotopic (exact) mass is 384 g/mol. The van der Waals surface area contributed by atoms with Crippen molar-refractivity contribution in [3.63, 3.8) is 0 Å². The van der Waals surface area contributed by atoms with E-state index in [-0.39, 0.29) is 11.2 Å². The summed E-state index contributed by atoms with van der Waals surface area (Å²) in [5.41, 5.74) is 0.562. The minimum atomic E-state index is -1.64. The molecular weight excluding hydrogens is 363 g/mol. The van der Waals surface area contributed by atoms with E-state index in [1.165, 1.54) is 12.1 Å². The molecule has 2 rings (SSSR count).